The molecule has 2 N–H and O–H groups in total. The van der Waals surface area contributed by atoms with Crippen molar-refractivity contribution in [2.75, 3.05) is 0 Å². The van der Waals surface area contributed by atoms with E-state index in [9.17, 15) is 9.18 Å². The number of hydrogen-bond donors (Lipinski definition) is 2. The molecule has 1 aromatic carbocycles. The fourth-order valence-electron chi connectivity index (χ4n) is 1.92. The van der Waals surface area contributed by atoms with Gasteiger partial charge >= 0.3 is 5.97 Å². The molecule has 4 nitrogen and oxygen atoms in total. The first-order chi connectivity index (χ1) is 8.61. The number of carboxylic acids is 1. The van der Waals surface area contributed by atoms with E-state index in [1.165, 1.54) is 18.2 Å². The second kappa shape index (κ2) is 5.15. The van der Waals surface area contributed by atoms with Gasteiger partial charge in [0.2, 0.25) is 0 Å². The smallest absolute Gasteiger partial charge is 0.320 e. The highest BCUT2D eigenvalue weighted by atomic mass is 19.1. The summed E-state index contributed by atoms with van der Waals surface area (Å²) in [6.07, 6.45) is 1.80. The summed E-state index contributed by atoms with van der Waals surface area (Å²) in [4.78, 5) is 11.0. The molecule has 1 fully saturated rings. The molecule has 1 atom stereocenters. The van der Waals surface area contributed by atoms with Gasteiger partial charge in [0.1, 0.15) is 11.9 Å². The third-order valence-corrected chi connectivity index (χ3v) is 3.06. The molecule has 0 heterocycles. The number of nitrogens with zero attached hydrogens (tertiary/aromatic N) is 1. The molecule has 0 aliphatic heterocycles. The van der Waals surface area contributed by atoms with Crippen molar-refractivity contribution in [1.82, 2.24) is 5.32 Å². The minimum absolute atomic E-state index is 0.154. The first kappa shape index (κ1) is 12.5. The van der Waals surface area contributed by atoms with Crippen LogP contribution in [0.2, 0.25) is 0 Å². The zero-order valence-electron chi connectivity index (χ0n) is 9.69. The highest BCUT2D eigenvalue weighted by Gasteiger charge is 2.35. The summed E-state index contributed by atoms with van der Waals surface area (Å²) in [5.74, 6) is -1.17. The number of carbonyl (C=O) groups is 1. The summed E-state index contributed by atoms with van der Waals surface area (Å²) >= 11 is 0. The zero-order valence-corrected chi connectivity index (χ0v) is 9.69. The third kappa shape index (κ3) is 2.84. The zero-order chi connectivity index (χ0) is 13.1. The molecule has 1 unspecified atom stereocenters. The fraction of sp³-hybridized carbons (Fsp3) is 0.385. The van der Waals surface area contributed by atoms with Gasteiger partial charge in [0.25, 0.3) is 0 Å². The predicted octanol–water partition coefficient (Wildman–Crippen LogP) is 1.65. The van der Waals surface area contributed by atoms with E-state index in [0.29, 0.717) is 11.1 Å². The Morgan fingerprint density at radius 1 is 1.61 bits per heavy atom. The average Bonchev–Trinajstić information content (AvgIpc) is 3.13. The molecule has 1 saturated carbocycles. The SMILES string of the molecule is N#Cc1ccc(F)cc1CNC(C(=O)O)C1CC1. The van der Waals surface area contributed by atoms with Crippen LogP contribution in [0.5, 0.6) is 0 Å². The number of nitrogens with one attached hydrogen (secondary N) is 1. The van der Waals surface area contributed by atoms with Gasteiger partial charge < -0.3 is 10.4 Å². The molecule has 2 rings (SSSR count). The standard InChI is InChI=1S/C13H13FN2O2/c14-11-4-3-9(6-15)10(5-11)7-16-12(13(17)18)8-1-2-8/h3-5,8,12,16H,1-2,7H2,(H,17,18). The molecule has 94 valence electrons. The van der Waals surface area contributed by atoms with Crippen molar-refractivity contribution in [2.45, 2.75) is 25.4 Å². The van der Waals surface area contributed by atoms with E-state index >= 15 is 0 Å². The van der Waals surface area contributed by atoms with Crippen LogP contribution >= 0.6 is 0 Å². The lowest BCUT2D eigenvalue weighted by Gasteiger charge is -2.14. The van der Waals surface area contributed by atoms with Gasteiger partial charge in [-0.15, -0.1) is 0 Å². The van der Waals surface area contributed by atoms with Gasteiger partial charge in [-0.1, -0.05) is 0 Å². The van der Waals surface area contributed by atoms with Crippen LogP contribution in [-0.4, -0.2) is 17.1 Å². The van der Waals surface area contributed by atoms with Crippen LogP contribution in [0.4, 0.5) is 4.39 Å². The van der Waals surface area contributed by atoms with Gasteiger partial charge in [-0.05, 0) is 42.5 Å². The van der Waals surface area contributed by atoms with Gasteiger partial charge in [0.05, 0.1) is 11.6 Å². The maximum atomic E-state index is 13.1. The molecule has 0 saturated heterocycles. The third-order valence-electron chi connectivity index (χ3n) is 3.06. The largest absolute Gasteiger partial charge is 0.480 e. The number of nitriles is 1. The molecular weight excluding hydrogens is 235 g/mol. The summed E-state index contributed by atoms with van der Waals surface area (Å²) in [7, 11) is 0. The maximum absolute atomic E-state index is 13.1. The van der Waals surface area contributed by atoms with E-state index in [4.69, 9.17) is 10.4 Å². The van der Waals surface area contributed by atoms with E-state index < -0.39 is 17.8 Å². The average molecular weight is 248 g/mol. The summed E-state index contributed by atoms with van der Waals surface area (Å²) in [6, 6.07) is 5.24. The van der Waals surface area contributed by atoms with Crippen molar-refractivity contribution in [3.63, 3.8) is 0 Å². The summed E-state index contributed by atoms with van der Waals surface area (Å²) in [6.45, 7) is 0.189. The monoisotopic (exact) mass is 248 g/mol. The molecule has 0 spiro atoms. The van der Waals surface area contributed by atoms with E-state index in [-0.39, 0.29) is 12.5 Å². The van der Waals surface area contributed by atoms with Crippen molar-refractivity contribution < 1.29 is 14.3 Å². The highest BCUT2D eigenvalue weighted by molar-refractivity contribution is 5.74. The maximum Gasteiger partial charge on any atom is 0.320 e. The Morgan fingerprint density at radius 3 is 2.89 bits per heavy atom. The molecule has 0 aromatic heterocycles. The predicted molar refractivity (Wildman–Crippen MR) is 62.1 cm³/mol. The van der Waals surface area contributed by atoms with E-state index in [0.717, 1.165) is 12.8 Å². The minimum atomic E-state index is -0.896. The lowest BCUT2D eigenvalue weighted by molar-refractivity contribution is -0.140. The topological polar surface area (TPSA) is 73.1 Å². The molecule has 0 radical (unpaired) electrons. The lowest BCUT2D eigenvalue weighted by Crippen LogP contribution is -2.38. The lowest BCUT2D eigenvalue weighted by atomic mass is 10.1. The van der Waals surface area contributed by atoms with Crippen LogP contribution in [-0.2, 0) is 11.3 Å². The molecule has 1 aliphatic carbocycles. The molecule has 1 aliphatic rings. The first-order valence-electron chi connectivity index (χ1n) is 5.76. The van der Waals surface area contributed by atoms with Gasteiger partial charge in [-0.3, -0.25) is 4.79 Å². The molecule has 18 heavy (non-hydrogen) atoms. The van der Waals surface area contributed by atoms with Crippen LogP contribution in [0.15, 0.2) is 18.2 Å². The molecule has 5 heteroatoms. The van der Waals surface area contributed by atoms with Crippen LogP contribution < -0.4 is 5.32 Å². The number of halogens is 1. The summed E-state index contributed by atoms with van der Waals surface area (Å²) in [5.41, 5.74) is 0.855. The molecule has 0 bridgehead atoms. The fourth-order valence-corrected chi connectivity index (χ4v) is 1.92. The van der Waals surface area contributed by atoms with Crippen molar-refractivity contribution in [1.29, 1.82) is 5.26 Å². The van der Waals surface area contributed by atoms with Crippen LogP contribution in [0.1, 0.15) is 24.0 Å². The first-order valence-corrected chi connectivity index (χ1v) is 5.76. The van der Waals surface area contributed by atoms with Crippen molar-refractivity contribution in [3.05, 3.63) is 35.1 Å². The Balaban J connectivity index is 2.07. The van der Waals surface area contributed by atoms with Crippen molar-refractivity contribution in [2.24, 2.45) is 5.92 Å². The van der Waals surface area contributed by atoms with Crippen molar-refractivity contribution >= 4 is 5.97 Å². The van der Waals surface area contributed by atoms with Gasteiger partial charge in [0.15, 0.2) is 0 Å². The molecular formula is C13H13FN2O2. The minimum Gasteiger partial charge on any atom is -0.480 e. The van der Waals surface area contributed by atoms with Gasteiger partial charge in [-0.25, -0.2) is 4.39 Å². The quantitative estimate of drug-likeness (QED) is 0.831. The Labute approximate surface area is 104 Å². The Kier molecular flexibility index (Phi) is 3.58. The van der Waals surface area contributed by atoms with E-state index in [1.807, 2.05) is 6.07 Å². The van der Waals surface area contributed by atoms with E-state index in [1.54, 1.807) is 0 Å². The Morgan fingerprint density at radius 2 is 2.33 bits per heavy atom. The highest BCUT2D eigenvalue weighted by Crippen LogP contribution is 2.32. The number of aliphatic carboxylic acids is 1. The van der Waals surface area contributed by atoms with Gasteiger partial charge in [-0.2, -0.15) is 5.26 Å². The van der Waals surface area contributed by atoms with Crippen molar-refractivity contribution in [3.8, 4) is 6.07 Å². The van der Waals surface area contributed by atoms with E-state index in [2.05, 4.69) is 5.32 Å². The number of hydrogen-bond acceptors (Lipinski definition) is 3. The summed E-state index contributed by atoms with van der Waals surface area (Å²) < 4.78 is 13.1. The Hall–Kier alpha value is -1.93. The van der Waals surface area contributed by atoms with Gasteiger partial charge in [0, 0.05) is 6.54 Å². The second-order valence-electron chi connectivity index (χ2n) is 4.45. The summed E-state index contributed by atoms with van der Waals surface area (Å²) in [5, 5.41) is 20.8. The number of rotatable bonds is 5. The van der Waals surface area contributed by atoms with Crippen LogP contribution in [0, 0.1) is 23.1 Å². The number of carboxylic acid groups (broad SMARTS) is 1. The molecule has 1 aromatic rings. The van der Waals surface area contributed by atoms with Crippen LogP contribution in [0.25, 0.3) is 0 Å². The molecule has 0 amide bonds. The second-order valence-corrected chi connectivity index (χ2v) is 4.45. The Bertz CT molecular complexity index is 506. The number of benzene rings is 1. The normalized spacial score (nSPS) is 16.0. The van der Waals surface area contributed by atoms with Crippen LogP contribution in [0.3, 0.4) is 0 Å².